The molecular weight excluding hydrogens is 393 g/mol. The van der Waals surface area contributed by atoms with Gasteiger partial charge >= 0.3 is 0 Å². The highest BCUT2D eigenvalue weighted by molar-refractivity contribution is 6.33. The predicted molar refractivity (Wildman–Crippen MR) is 111 cm³/mol. The largest absolute Gasteiger partial charge is 0.486 e. The molecule has 4 aromatic rings. The molecule has 3 heterocycles. The molecule has 0 spiro atoms. The van der Waals surface area contributed by atoms with E-state index < -0.39 is 5.82 Å². The van der Waals surface area contributed by atoms with E-state index in [0.29, 0.717) is 46.9 Å². The number of nitrogens with one attached hydrogen (secondary N) is 1. The molecule has 146 valence electrons. The number of aryl methyl sites for hydroxylation is 1. The van der Waals surface area contributed by atoms with Crippen LogP contribution in [0.25, 0.3) is 16.9 Å². The van der Waals surface area contributed by atoms with E-state index in [-0.39, 0.29) is 5.56 Å². The van der Waals surface area contributed by atoms with Gasteiger partial charge in [-0.25, -0.2) is 9.37 Å². The van der Waals surface area contributed by atoms with Crippen LogP contribution in [0.1, 0.15) is 5.56 Å². The Morgan fingerprint density at radius 3 is 2.72 bits per heavy atom. The lowest BCUT2D eigenvalue weighted by atomic mass is 10.1. The number of nitrogens with zero attached hydrogens (tertiary/aromatic N) is 2. The summed E-state index contributed by atoms with van der Waals surface area (Å²) in [7, 11) is 0. The third kappa shape index (κ3) is 3.15. The number of benzene rings is 2. The van der Waals surface area contributed by atoms with E-state index in [1.165, 1.54) is 6.07 Å². The third-order valence-corrected chi connectivity index (χ3v) is 5.09. The van der Waals surface area contributed by atoms with Crippen LogP contribution in [-0.4, -0.2) is 22.6 Å². The molecule has 0 unspecified atom stereocenters. The van der Waals surface area contributed by atoms with Crippen LogP contribution < -0.4 is 14.8 Å². The standard InChI is InChI=1S/C22H17ClFN3O2/c1-13-5-8-19-26-21(20-15(23)3-2-4-16(20)24)22(27(19)12-13)25-14-6-7-17-18(11-14)29-10-9-28-17/h2-8,11-12,25H,9-10H2,1H3. The molecule has 0 radical (unpaired) electrons. The summed E-state index contributed by atoms with van der Waals surface area (Å²) in [6.07, 6.45) is 1.95. The van der Waals surface area contributed by atoms with Gasteiger partial charge in [0.15, 0.2) is 11.5 Å². The fraction of sp³-hybridized carbons (Fsp3) is 0.136. The minimum absolute atomic E-state index is 0.260. The van der Waals surface area contributed by atoms with Gasteiger partial charge in [-0.2, -0.15) is 0 Å². The van der Waals surface area contributed by atoms with Crippen LogP contribution in [0.5, 0.6) is 11.5 Å². The molecule has 0 saturated carbocycles. The van der Waals surface area contributed by atoms with E-state index in [1.54, 1.807) is 12.1 Å². The van der Waals surface area contributed by atoms with E-state index in [1.807, 2.05) is 47.9 Å². The van der Waals surface area contributed by atoms with Crippen molar-refractivity contribution in [1.29, 1.82) is 0 Å². The SMILES string of the molecule is Cc1ccc2nc(-c3c(F)cccc3Cl)c(Nc3ccc4c(c3)OCCO4)n2c1. The van der Waals surface area contributed by atoms with Gasteiger partial charge in [-0.15, -0.1) is 0 Å². The highest BCUT2D eigenvalue weighted by atomic mass is 35.5. The number of hydrogen-bond acceptors (Lipinski definition) is 4. The van der Waals surface area contributed by atoms with Crippen molar-refractivity contribution < 1.29 is 13.9 Å². The molecule has 0 atom stereocenters. The van der Waals surface area contributed by atoms with Gasteiger partial charge in [-0.05, 0) is 42.8 Å². The second kappa shape index (κ2) is 6.97. The number of rotatable bonds is 3. The van der Waals surface area contributed by atoms with Crippen molar-refractivity contribution in [3.05, 3.63) is 71.1 Å². The number of pyridine rings is 1. The lowest BCUT2D eigenvalue weighted by Crippen LogP contribution is -2.15. The first-order valence-electron chi connectivity index (χ1n) is 9.20. The molecule has 0 bridgehead atoms. The molecule has 2 aromatic heterocycles. The fourth-order valence-electron chi connectivity index (χ4n) is 3.43. The van der Waals surface area contributed by atoms with Gasteiger partial charge in [-0.1, -0.05) is 23.7 Å². The second-order valence-electron chi connectivity index (χ2n) is 6.82. The number of halogens is 2. The first-order valence-corrected chi connectivity index (χ1v) is 9.58. The van der Waals surface area contributed by atoms with Gasteiger partial charge in [0.05, 0.1) is 10.6 Å². The molecule has 1 N–H and O–H groups in total. The summed E-state index contributed by atoms with van der Waals surface area (Å²) in [6, 6.07) is 14.1. The molecule has 0 fully saturated rings. The first kappa shape index (κ1) is 17.8. The van der Waals surface area contributed by atoms with Crippen molar-refractivity contribution in [1.82, 2.24) is 9.38 Å². The van der Waals surface area contributed by atoms with E-state index in [9.17, 15) is 4.39 Å². The van der Waals surface area contributed by atoms with Crippen LogP contribution in [0.2, 0.25) is 5.02 Å². The van der Waals surface area contributed by atoms with E-state index in [4.69, 9.17) is 21.1 Å². The molecule has 0 saturated heterocycles. The highest BCUT2D eigenvalue weighted by Gasteiger charge is 2.21. The van der Waals surface area contributed by atoms with E-state index in [2.05, 4.69) is 10.3 Å². The number of ether oxygens (including phenoxy) is 2. The predicted octanol–water partition coefficient (Wildman–Crippen LogP) is 5.62. The van der Waals surface area contributed by atoms with E-state index >= 15 is 0 Å². The van der Waals surface area contributed by atoms with Crippen LogP contribution in [0, 0.1) is 12.7 Å². The van der Waals surface area contributed by atoms with Crippen molar-refractivity contribution in [2.24, 2.45) is 0 Å². The topological polar surface area (TPSA) is 47.8 Å². The number of hydrogen-bond donors (Lipinski definition) is 1. The summed E-state index contributed by atoms with van der Waals surface area (Å²) in [4.78, 5) is 4.65. The zero-order valence-electron chi connectivity index (χ0n) is 15.6. The van der Waals surface area contributed by atoms with Crippen molar-refractivity contribution in [3.8, 4) is 22.8 Å². The molecule has 0 aliphatic carbocycles. The Kier molecular flexibility index (Phi) is 4.28. The smallest absolute Gasteiger partial charge is 0.163 e. The zero-order valence-corrected chi connectivity index (χ0v) is 16.3. The average molecular weight is 410 g/mol. The summed E-state index contributed by atoms with van der Waals surface area (Å²) in [5, 5.41) is 3.67. The molecule has 0 amide bonds. The van der Waals surface area contributed by atoms with Crippen LogP contribution in [0.4, 0.5) is 15.9 Å². The molecule has 29 heavy (non-hydrogen) atoms. The number of imidazole rings is 1. The molecule has 7 heteroatoms. The summed E-state index contributed by atoms with van der Waals surface area (Å²) >= 11 is 6.34. The Balaban J connectivity index is 1.68. The molecule has 2 aromatic carbocycles. The van der Waals surface area contributed by atoms with Crippen molar-refractivity contribution >= 4 is 28.8 Å². The Morgan fingerprint density at radius 1 is 1.07 bits per heavy atom. The van der Waals surface area contributed by atoms with Gasteiger partial charge in [-0.3, -0.25) is 4.40 Å². The molecule has 1 aliphatic heterocycles. The Labute approximate surface area is 171 Å². The minimum Gasteiger partial charge on any atom is -0.486 e. The molecule has 5 rings (SSSR count). The number of anilines is 2. The molecule has 5 nitrogen and oxygen atoms in total. The first-order chi connectivity index (χ1) is 14.1. The minimum atomic E-state index is -0.428. The van der Waals surface area contributed by atoms with Gasteiger partial charge in [0.25, 0.3) is 0 Å². The van der Waals surface area contributed by atoms with Gasteiger partial charge in [0, 0.05) is 18.0 Å². The highest BCUT2D eigenvalue weighted by Crippen LogP contribution is 2.39. The van der Waals surface area contributed by atoms with Crippen molar-refractivity contribution in [2.45, 2.75) is 6.92 Å². The maximum Gasteiger partial charge on any atom is 0.163 e. The lowest BCUT2D eigenvalue weighted by Gasteiger charge is -2.19. The monoisotopic (exact) mass is 409 g/mol. The van der Waals surface area contributed by atoms with Crippen LogP contribution in [0.3, 0.4) is 0 Å². The van der Waals surface area contributed by atoms with Gasteiger partial charge < -0.3 is 14.8 Å². The van der Waals surface area contributed by atoms with Gasteiger partial charge in [0.1, 0.15) is 36.2 Å². The summed E-state index contributed by atoms with van der Waals surface area (Å²) in [5.41, 5.74) is 3.20. The maximum atomic E-state index is 14.7. The van der Waals surface area contributed by atoms with Crippen LogP contribution >= 0.6 is 11.6 Å². The van der Waals surface area contributed by atoms with E-state index in [0.717, 1.165) is 11.3 Å². The van der Waals surface area contributed by atoms with Crippen LogP contribution in [0.15, 0.2) is 54.7 Å². The molecule has 1 aliphatic rings. The second-order valence-corrected chi connectivity index (χ2v) is 7.23. The Hall–Kier alpha value is -3.25. The summed E-state index contributed by atoms with van der Waals surface area (Å²) < 4.78 is 27.8. The molecular formula is C22H17ClFN3O2. The van der Waals surface area contributed by atoms with Crippen molar-refractivity contribution in [2.75, 3.05) is 18.5 Å². The maximum absolute atomic E-state index is 14.7. The Morgan fingerprint density at radius 2 is 1.90 bits per heavy atom. The average Bonchev–Trinajstić information content (AvgIpc) is 3.05. The normalized spacial score (nSPS) is 12.9. The fourth-order valence-corrected chi connectivity index (χ4v) is 3.68. The number of fused-ring (bicyclic) bond motifs is 2. The number of aromatic nitrogens is 2. The zero-order chi connectivity index (χ0) is 20.0. The summed E-state index contributed by atoms with van der Waals surface area (Å²) in [5.74, 6) is 1.56. The van der Waals surface area contributed by atoms with Crippen molar-refractivity contribution in [3.63, 3.8) is 0 Å². The van der Waals surface area contributed by atoms with Gasteiger partial charge in [0.2, 0.25) is 0 Å². The van der Waals surface area contributed by atoms with Crippen LogP contribution in [-0.2, 0) is 0 Å². The third-order valence-electron chi connectivity index (χ3n) is 4.77. The summed E-state index contributed by atoms with van der Waals surface area (Å²) in [6.45, 7) is 3.02. The lowest BCUT2D eigenvalue weighted by molar-refractivity contribution is 0.171. The Bertz CT molecular complexity index is 1220. The quantitative estimate of drug-likeness (QED) is 0.477.